The first-order chi connectivity index (χ1) is 9.04. The Morgan fingerprint density at radius 2 is 2.11 bits per heavy atom. The SMILES string of the molecule is CC(N)Cc1cncc(Oc2ccc(Cl)c(F)c2)c1. The maximum atomic E-state index is 13.3. The zero-order chi connectivity index (χ0) is 13.8. The van der Waals surface area contributed by atoms with Crippen molar-refractivity contribution in [2.75, 3.05) is 0 Å². The lowest BCUT2D eigenvalue weighted by molar-refractivity contribution is 0.473. The van der Waals surface area contributed by atoms with Gasteiger partial charge in [0.05, 0.1) is 11.2 Å². The molecule has 0 aliphatic heterocycles. The molecule has 3 nitrogen and oxygen atoms in total. The molecule has 0 amide bonds. The Bertz CT molecular complexity index is 575. The lowest BCUT2D eigenvalue weighted by Gasteiger charge is -2.09. The van der Waals surface area contributed by atoms with Crippen LogP contribution in [0.1, 0.15) is 12.5 Å². The predicted octanol–water partition coefficient (Wildman–Crippen LogP) is 3.56. The topological polar surface area (TPSA) is 48.1 Å². The van der Waals surface area contributed by atoms with Crippen LogP contribution in [0.15, 0.2) is 36.7 Å². The maximum Gasteiger partial charge on any atom is 0.145 e. The van der Waals surface area contributed by atoms with E-state index in [-0.39, 0.29) is 11.1 Å². The molecule has 0 aliphatic rings. The molecule has 5 heteroatoms. The Morgan fingerprint density at radius 3 is 2.79 bits per heavy atom. The summed E-state index contributed by atoms with van der Waals surface area (Å²) in [5, 5.41) is 0.0659. The summed E-state index contributed by atoms with van der Waals surface area (Å²) in [5.41, 5.74) is 6.70. The predicted molar refractivity (Wildman–Crippen MR) is 73.1 cm³/mol. The number of aromatic nitrogens is 1. The normalized spacial score (nSPS) is 12.2. The molecule has 2 rings (SSSR count). The highest BCUT2D eigenvalue weighted by Crippen LogP contribution is 2.25. The highest BCUT2D eigenvalue weighted by Gasteiger charge is 2.05. The Labute approximate surface area is 116 Å². The lowest BCUT2D eigenvalue weighted by Crippen LogP contribution is -2.17. The van der Waals surface area contributed by atoms with E-state index in [1.165, 1.54) is 12.1 Å². The van der Waals surface area contributed by atoms with E-state index in [1.54, 1.807) is 18.5 Å². The van der Waals surface area contributed by atoms with E-state index in [9.17, 15) is 4.39 Å². The third kappa shape index (κ3) is 3.91. The minimum absolute atomic E-state index is 0.0463. The number of benzene rings is 1. The van der Waals surface area contributed by atoms with Gasteiger partial charge in [0, 0.05) is 18.3 Å². The van der Waals surface area contributed by atoms with Crippen molar-refractivity contribution < 1.29 is 9.13 Å². The smallest absolute Gasteiger partial charge is 0.145 e. The summed E-state index contributed by atoms with van der Waals surface area (Å²) in [5.74, 6) is 0.403. The number of hydrogen-bond donors (Lipinski definition) is 1. The standard InChI is InChI=1S/C14H14ClFN2O/c1-9(17)4-10-5-12(8-18-7-10)19-11-2-3-13(15)14(16)6-11/h2-3,5-9H,4,17H2,1H3. The summed E-state index contributed by atoms with van der Waals surface area (Å²) in [6, 6.07) is 6.17. The largest absolute Gasteiger partial charge is 0.456 e. The highest BCUT2D eigenvalue weighted by atomic mass is 35.5. The molecule has 19 heavy (non-hydrogen) atoms. The molecule has 2 N–H and O–H groups in total. The van der Waals surface area contributed by atoms with Gasteiger partial charge < -0.3 is 10.5 Å². The number of halogens is 2. The molecule has 0 aliphatic carbocycles. The van der Waals surface area contributed by atoms with Gasteiger partial charge in [-0.3, -0.25) is 4.98 Å². The molecule has 0 saturated carbocycles. The number of hydrogen-bond acceptors (Lipinski definition) is 3. The van der Waals surface area contributed by atoms with Gasteiger partial charge in [-0.1, -0.05) is 11.6 Å². The van der Waals surface area contributed by atoms with Crippen LogP contribution in [-0.2, 0) is 6.42 Å². The van der Waals surface area contributed by atoms with Crippen molar-refractivity contribution >= 4 is 11.6 Å². The van der Waals surface area contributed by atoms with Crippen LogP contribution < -0.4 is 10.5 Å². The van der Waals surface area contributed by atoms with Crippen molar-refractivity contribution in [2.24, 2.45) is 5.73 Å². The van der Waals surface area contributed by atoms with Gasteiger partial charge in [-0.2, -0.15) is 0 Å². The summed E-state index contributed by atoms with van der Waals surface area (Å²) >= 11 is 5.61. The molecule has 2 aromatic rings. The quantitative estimate of drug-likeness (QED) is 0.931. The van der Waals surface area contributed by atoms with Crippen LogP contribution >= 0.6 is 11.6 Å². The van der Waals surface area contributed by atoms with Crippen molar-refractivity contribution in [3.05, 3.63) is 53.1 Å². The van der Waals surface area contributed by atoms with E-state index in [1.807, 2.05) is 13.0 Å². The van der Waals surface area contributed by atoms with Crippen LogP contribution in [0, 0.1) is 5.82 Å². The van der Waals surface area contributed by atoms with Crippen molar-refractivity contribution in [1.82, 2.24) is 4.98 Å². The minimum Gasteiger partial charge on any atom is -0.456 e. The van der Waals surface area contributed by atoms with E-state index in [0.717, 1.165) is 5.56 Å². The average molecular weight is 281 g/mol. The van der Waals surface area contributed by atoms with Gasteiger partial charge in [0.1, 0.15) is 17.3 Å². The van der Waals surface area contributed by atoms with Gasteiger partial charge in [0.15, 0.2) is 0 Å². The van der Waals surface area contributed by atoms with E-state index in [0.29, 0.717) is 17.9 Å². The van der Waals surface area contributed by atoms with Crippen LogP contribution in [0.2, 0.25) is 5.02 Å². The molecule has 1 heterocycles. The minimum atomic E-state index is -0.515. The fraction of sp³-hybridized carbons (Fsp3) is 0.214. The number of ether oxygens (including phenoxy) is 1. The second-order valence-electron chi connectivity index (χ2n) is 4.39. The summed E-state index contributed by atoms with van der Waals surface area (Å²) in [6.45, 7) is 1.92. The van der Waals surface area contributed by atoms with E-state index < -0.39 is 5.82 Å². The van der Waals surface area contributed by atoms with Crippen LogP contribution in [0.3, 0.4) is 0 Å². The van der Waals surface area contributed by atoms with Gasteiger partial charge >= 0.3 is 0 Å². The first-order valence-electron chi connectivity index (χ1n) is 5.87. The summed E-state index contributed by atoms with van der Waals surface area (Å²) in [4.78, 5) is 4.07. The van der Waals surface area contributed by atoms with E-state index >= 15 is 0 Å². The second-order valence-corrected chi connectivity index (χ2v) is 4.80. The molecular formula is C14H14ClFN2O. The molecular weight excluding hydrogens is 267 g/mol. The number of pyridine rings is 1. The number of nitrogens with two attached hydrogens (primary N) is 1. The molecule has 0 spiro atoms. The van der Waals surface area contributed by atoms with Gasteiger partial charge in [-0.15, -0.1) is 0 Å². The monoisotopic (exact) mass is 280 g/mol. The Morgan fingerprint density at radius 1 is 1.32 bits per heavy atom. The van der Waals surface area contributed by atoms with Crippen molar-refractivity contribution in [3.8, 4) is 11.5 Å². The Kier molecular flexibility index (Phi) is 4.35. The fourth-order valence-corrected chi connectivity index (χ4v) is 1.80. The number of nitrogens with zero attached hydrogens (tertiary/aromatic N) is 1. The molecule has 0 bridgehead atoms. The molecule has 0 saturated heterocycles. The van der Waals surface area contributed by atoms with E-state index in [4.69, 9.17) is 22.1 Å². The van der Waals surface area contributed by atoms with Crippen LogP contribution in [0.5, 0.6) is 11.5 Å². The lowest BCUT2D eigenvalue weighted by atomic mass is 10.1. The molecule has 1 aromatic carbocycles. The Balaban J connectivity index is 2.16. The van der Waals surface area contributed by atoms with Crippen molar-refractivity contribution in [3.63, 3.8) is 0 Å². The first kappa shape index (κ1) is 13.8. The van der Waals surface area contributed by atoms with Crippen molar-refractivity contribution in [2.45, 2.75) is 19.4 Å². The van der Waals surface area contributed by atoms with Crippen LogP contribution in [0.4, 0.5) is 4.39 Å². The zero-order valence-electron chi connectivity index (χ0n) is 10.4. The molecule has 0 fully saturated rings. The van der Waals surface area contributed by atoms with Crippen molar-refractivity contribution in [1.29, 1.82) is 0 Å². The van der Waals surface area contributed by atoms with Crippen LogP contribution in [0.25, 0.3) is 0 Å². The van der Waals surface area contributed by atoms with Gasteiger partial charge in [0.2, 0.25) is 0 Å². The van der Waals surface area contributed by atoms with Gasteiger partial charge in [0.25, 0.3) is 0 Å². The second kappa shape index (κ2) is 5.99. The summed E-state index contributed by atoms with van der Waals surface area (Å²) < 4.78 is 18.8. The maximum absolute atomic E-state index is 13.3. The molecule has 0 radical (unpaired) electrons. The number of rotatable bonds is 4. The third-order valence-electron chi connectivity index (χ3n) is 2.45. The molecule has 1 aromatic heterocycles. The summed E-state index contributed by atoms with van der Waals surface area (Å²) in [6.07, 6.45) is 4.01. The van der Waals surface area contributed by atoms with Gasteiger partial charge in [-0.05, 0) is 37.1 Å². The fourth-order valence-electron chi connectivity index (χ4n) is 1.68. The molecule has 1 atom stereocenters. The average Bonchev–Trinajstić information content (AvgIpc) is 2.33. The van der Waals surface area contributed by atoms with E-state index in [2.05, 4.69) is 4.98 Å². The van der Waals surface area contributed by atoms with Gasteiger partial charge in [-0.25, -0.2) is 4.39 Å². The first-order valence-corrected chi connectivity index (χ1v) is 6.25. The molecule has 1 unspecified atom stereocenters. The zero-order valence-corrected chi connectivity index (χ0v) is 11.2. The van der Waals surface area contributed by atoms with Crippen LogP contribution in [-0.4, -0.2) is 11.0 Å². The molecule has 100 valence electrons. The summed E-state index contributed by atoms with van der Waals surface area (Å²) in [7, 11) is 0. The Hall–Kier alpha value is -1.65. The highest BCUT2D eigenvalue weighted by molar-refractivity contribution is 6.30. The third-order valence-corrected chi connectivity index (χ3v) is 2.76.